The molecule has 3 aromatic rings. The standard InChI is InChI=1S/C26H24Cl2F3N3O2/c27-20-13-21(28)15-22(14-20)34-24(35)33-16-25(8-10-32-11-9-25)19-6-4-17(5-7-19)18-2-1-3-23(12-18)36-26(29,30)31/h1-7,12-15,32H,8-11,16H2,(H2,33,34,35). The van der Waals surface area contributed by atoms with E-state index >= 15 is 0 Å². The maximum Gasteiger partial charge on any atom is 0.573 e. The zero-order valence-corrected chi connectivity index (χ0v) is 20.6. The van der Waals surface area contributed by atoms with Crippen LogP contribution in [0.3, 0.4) is 0 Å². The van der Waals surface area contributed by atoms with Gasteiger partial charge >= 0.3 is 12.4 Å². The van der Waals surface area contributed by atoms with Crippen molar-refractivity contribution in [3.63, 3.8) is 0 Å². The summed E-state index contributed by atoms with van der Waals surface area (Å²) in [5, 5.41) is 9.91. The van der Waals surface area contributed by atoms with E-state index in [2.05, 4.69) is 20.7 Å². The molecule has 3 N–H and O–H groups in total. The lowest BCUT2D eigenvalue weighted by atomic mass is 9.73. The van der Waals surface area contributed by atoms with Gasteiger partial charge < -0.3 is 20.7 Å². The lowest BCUT2D eigenvalue weighted by Crippen LogP contribution is -2.48. The molecule has 10 heteroatoms. The van der Waals surface area contributed by atoms with Gasteiger partial charge in [0.1, 0.15) is 5.75 Å². The zero-order chi connectivity index (χ0) is 25.8. The minimum absolute atomic E-state index is 0.268. The highest BCUT2D eigenvalue weighted by atomic mass is 35.5. The Bertz CT molecular complexity index is 1190. The molecule has 0 atom stereocenters. The van der Waals surface area contributed by atoms with E-state index in [0.717, 1.165) is 37.1 Å². The summed E-state index contributed by atoms with van der Waals surface area (Å²) in [4.78, 5) is 12.6. The first-order chi connectivity index (χ1) is 17.1. The predicted octanol–water partition coefficient (Wildman–Crippen LogP) is 7.00. The number of hydrogen-bond donors (Lipinski definition) is 3. The molecule has 190 valence electrons. The summed E-state index contributed by atoms with van der Waals surface area (Å²) >= 11 is 12.0. The second-order valence-corrected chi connectivity index (χ2v) is 9.52. The molecule has 1 saturated heterocycles. The van der Waals surface area contributed by atoms with Crippen LogP contribution in [0.4, 0.5) is 23.7 Å². The highest BCUT2D eigenvalue weighted by molar-refractivity contribution is 6.35. The van der Waals surface area contributed by atoms with Crippen LogP contribution in [-0.4, -0.2) is 32.0 Å². The summed E-state index contributed by atoms with van der Waals surface area (Å²) < 4.78 is 41.8. The number of piperidine rings is 1. The number of carbonyl (C=O) groups is 1. The fourth-order valence-corrected chi connectivity index (χ4v) is 4.94. The number of halogens is 5. The Hall–Kier alpha value is -2.94. The van der Waals surface area contributed by atoms with E-state index in [1.807, 2.05) is 24.3 Å². The Balaban J connectivity index is 1.48. The van der Waals surface area contributed by atoms with E-state index in [0.29, 0.717) is 27.8 Å². The molecule has 1 aliphatic heterocycles. The number of benzene rings is 3. The fourth-order valence-electron chi connectivity index (χ4n) is 4.41. The smallest absolute Gasteiger partial charge is 0.406 e. The van der Waals surface area contributed by atoms with Gasteiger partial charge in [0.2, 0.25) is 0 Å². The third kappa shape index (κ3) is 6.84. The Morgan fingerprint density at radius 1 is 0.944 bits per heavy atom. The van der Waals surface area contributed by atoms with Crippen LogP contribution >= 0.6 is 23.2 Å². The first kappa shape index (κ1) is 26.1. The van der Waals surface area contributed by atoms with Gasteiger partial charge in [-0.25, -0.2) is 4.79 Å². The summed E-state index contributed by atoms with van der Waals surface area (Å²) in [5.74, 6) is -0.268. The molecule has 0 bridgehead atoms. The highest BCUT2D eigenvalue weighted by Gasteiger charge is 2.34. The van der Waals surface area contributed by atoms with Crippen LogP contribution in [0.2, 0.25) is 10.0 Å². The fraction of sp³-hybridized carbons (Fsp3) is 0.269. The van der Waals surface area contributed by atoms with Crippen molar-refractivity contribution in [3.8, 4) is 16.9 Å². The molecule has 2 amide bonds. The van der Waals surface area contributed by atoms with Gasteiger partial charge in [-0.05, 0) is 73.0 Å². The number of urea groups is 1. The molecule has 1 aliphatic rings. The van der Waals surface area contributed by atoms with Crippen molar-refractivity contribution in [2.45, 2.75) is 24.6 Å². The van der Waals surface area contributed by atoms with Crippen molar-refractivity contribution in [1.29, 1.82) is 0 Å². The Morgan fingerprint density at radius 2 is 1.61 bits per heavy atom. The van der Waals surface area contributed by atoms with Gasteiger partial charge in [-0.15, -0.1) is 13.2 Å². The number of hydrogen-bond acceptors (Lipinski definition) is 3. The van der Waals surface area contributed by atoms with Crippen molar-refractivity contribution in [2.75, 3.05) is 25.0 Å². The van der Waals surface area contributed by atoms with Crippen LogP contribution in [0.1, 0.15) is 18.4 Å². The Morgan fingerprint density at radius 3 is 2.25 bits per heavy atom. The molecule has 0 spiro atoms. The van der Waals surface area contributed by atoms with Crippen molar-refractivity contribution in [2.24, 2.45) is 0 Å². The second kappa shape index (κ2) is 11.0. The third-order valence-corrected chi connectivity index (χ3v) is 6.60. The van der Waals surface area contributed by atoms with Crippen LogP contribution in [0.5, 0.6) is 5.75 Å². The highest BCUT2D eigenvalue weighted by Crippen LogP contribution is 2.35. The number of ether oxygens (including phenoxy) is 1. The van der Waals surface area contributed by atoms with Crippen molar-refractivity contribution in [1.82, 2.24) is 10.6 Å². The van der Waals surface area contributed by atoms with E-state index in [4.69, 9.17) is 23.2 Å². The largest absolute Gasteiger partial charge is 0.573 e. The first-order valence-corrected chi connectivity index (χ1v) is 12.1. The monoisotopic (exact) mass is 537 g/mol. The number of amides is 2. The minimum atomic E-state index is -4.75. The van der Waals surface area contributed by atoms with E-state index < -0.39 is 6.36 Å². The molecule has 1 heterocycles. The predicted molar refractivity (Wildman–Crippen MR) is 136 cm³/mol. The third-order valence-electron chi connectivity index (χ3n) is 6.17. The maximum absolute atomic E-state index is 12.6. The summed E-state index contributed by atoms with van der Waals surface area (Å²) in [7, 11) is 0. The van der Waals surface area contributed by atoms with Gasteiger partial charge in [0, 0.05) is 27.7 Å². The van der Waals surface area contributed by atoms with Crippen LogP contribution in [0.15, 0.2) is 66.7 Å². The maximum atomic E-state index is 12.6. The quantitative estimate of drug-likeness (QED) is 0.317. The average molecular weight is 538 g/mol. The second-order valence-electron chi connectivity index (χ2n) is 8.65. The van der Waals surface area contributed by atoms with Crippen LogP contribution in [0, 0.1) is 0 Å². The van der Waals surface area contributed by atoms with Gasteiger partial charge in [0.05, 0.1) is 0 Å². The lowest BCUT2D eigenvalue weighted by molar-refractivity contribution is -0.274. The normalized spacial score (nSPS) is 15.2. The lowest BCUT2D eigenvalue weighted by Gasteiger charge is -2.38. The molecule has 36 heavy (non-hydrogen) atoms. The van der Waals surface area contributed by atoms with E-state index in [-0.39, 0.29) is 17.2 Å². The zero-order valence-electron chi connectivity index (χ0n) is 19.1. The van der Waals surface area contributed by atoms with Crippen LogP contribution in [0.25, 0.3) is 11.1 Å². The van der Waals surface area contributed by atoms with Gasteiger partial charge in [-0.1, -0.05) is 59.6 Å². The molecule has 1 fully saturated rings. The van der Waals surface area contributed by atoms with Crippen molar-refractivity contribution >= 4 is 34.9 Å². The Labute approximate surface area is 216 Å². The summed E-state index contributed by atoms with van der Waals surface area (Å²) in [6.45, 7) is 2.00. The topological polar surface area (TPSA) is 62.4 Å². The number of alkyl halides is 3. The first-order valence-electron chi connectivity index (χ1n) is 11.3. The molecule has 0 aliphatic carbocycles. The van der Waals surface area contributed by atoms with Crippen molar-refractivity contribution in [3.05, 3.63) is 82.3 Å². The van der Waals surface area contributed by atoms with Gasteiger partial charge in [0.25, 0.3) is 0 Å². The van der Waals surface area contributed by atoms with Crippen molar-refractivity contribution < 1.29 is 22.7 Å². The summed E-state index contributed by atoms with van der Waals surface area (Å²) in [5.41, 5.74) is 2.61. The molecule has 5 nitrogen and oxygen atoms in total. The molecule has 0 aromatic heterocycles. The number of nitrogens with one attached hydrogen (secondary N) is 3. The van der Waals surface area contributed by atoms with E-state index in [1.54, 1.807) is 24.3 Å². The average Bonchev–Trinajstić information content (AvgIpc) is 2.82. The Kier molecular flexibility index (Phi) is 7.97. The molecule has 0 unspecified atom stereocenters. The molecule has 4 rings (SSSR count). The molecule has 3 aromatic carbocycles. The number of rotatable bonds is 6. The summed E-state index contributed by atoms with van der Waals surface area (Å²) in [6.07, 6.45) is -3.13. The van der Waals surface area contributed by atoms with Gasteiger partial charge in [-0.2, -0.15) is 0 Å². The van der Waals surface area contributed by atoms with E-state index in [9.17, 15) is 18.0 Å². The SMILES string of the molecule is O=C(NCC1(c2ccc(-c3cccc(OC(F)(F)F)c3)cc2)CCNCC1)Nc1cc(Cl)cc(Cl)c1. The van der Waals surface area contributed by atoms with Gasteiger partial charge in [-0.3, -0.25) is 0 Å². The minimum Gasteiger partial charge on any atom is -0.406 e. The molecule has 0 radical (unpaired) electrons. The number of carbonyl (C=O) groups excluding carboxylic acids is 1. The van der Waals surface area contributed by atoms with Crippen LogP contribution < -0.4 is 20.7 Å². The van der Waals surface area contributed by atoms with Gasteiger partial charge in [0.15, 0.2) is 0 Å². The van der Waals surface area contributed by atoms with Crippen LogP contribution in [-0.2, 0) is 5.41 Å². The molecular formula is C26H24Cl2F3N3O2. The molecular weight excluding hydrogens is 514 g/mol. The molecule has 0 saturated carbocycles. The number of anilines is 1. The summed E-state index contributed by atoms with van der Waals surface area (Å²) in [6, 6.07) is 18.0. The van der Waals surface area contributed by atoms with E-state index in [1.165, 1.54) is 18.2 Å².